The second-order valence-electron chi connectivity index (χ2n) is 4.63. The Kier molecular flexibility index (Phi) is 5.88. The predicted molar refractivity (Wildman–Crippen MR) is 94.8 cm³/mol. The molecule has 126 valence electrons. The number of anilines is 1. The number of sulfonamides is 1. The molecule has 0 aliphatic heterocycles. The second kappa shape index (κ2) is 7.70. The number of carbonyl (C=O) groups excluding carboxylic acids is 1. The minimum absolute atomic E-state index is 0.0244. The molecule has 1 N–H and O–H groups in total. The summed E-state index contributed by atoms with van der Waals surface area (Å²) in [6.45, 7) is 0. The van der Waals surface area contributed by atoms with E-state index in [0.29, 0.717) is 11.3 Å². The van der Waals surface area contributed by atoms with Gasteiger partial charge in [-0.25, -0.2) is 13.2 Å². The number of esters is 1. The van der Waals surface area contributed by atoms with Gasteiger partial charge in [0, 0.05) is 6.08 Å². The third-order valence-corrected chi connectivity index (χ3v) is 5.11. The van der Waals surface area contributed by atoms with Crippen molar-refractivity contribution >= 4 is 51.0 Å². The van der Waals surface area contributed by atoms with Gasteiger partial charge in [0.15, 0.2) is 0 Å². The Bertz CT molecular complexity index is 895. The van der Waals surface area contributed by atoms with Gasteiger partial charge in [0.2, 0.25) is 0 Å². The molecule has 0 spiro atoms. The summed E-state index contributed by atoms with van der Waals surface area (Å²) >= 11 is 11.7. The lowest BCUT2D eigenvalue weighted by Crippen LogP contribution is -2.13. The summed E-state index contributed by atoms with van der Waals surface area (Å²) in [5.41, 5.74) is 0.815. The third-order valence-electron chi connectivity index (χ3n) is 3.01. The Morgan fingerprint density at radius 2 is 1.83 bits per heavy atom. The van der Waals surface area contributed by atoms with Crippen LogP contribution in [0.5, 0.6) is 0 Å². The van der Waals surface area contributed by atoms with Crippen LogP contribution in [0.4, 0.5) is 5.69 Å². The van der Waals surface area contributed by atoms with Gasteiger partial charge in [-0.2, -0.15) is 0 Å². The van der Waals surface area contributed by atoms with Crippen LogP contribution in [0.1, 0.15) is 5.56 Å². The van der Waals surface area contributed by atoms with Crippen LogP contribution in [0.25, 0.3) is 6.08 Å². The highest BCUT2D eigenvalue weighted by Crippen LogP contribution is 2.27. The Morgan fingerprint density at radius 3 is 2.50 bits per heavy atom. The minimum Gasteiger partial charge on any atom is -0.466 e. The number of para-hydroxylation sites is 1. The lowest BCUT2D eigenvalue weighted by molar-refractivity contribution is -0.134. The average molecular weight is 386 g/mol. The summed E-state index contributed by atoms with van der Waals surface area (Å²) in [5, 5.41) is 0.399. The SMILES string of the molecule is COC(=O)/C=C/c1ccccc1NS(=O)(=O)c1ccc(Cl)c(Cl)c1. The Labute approximate surface area is 149 Å². The molecule has 24 heavy (non-hydrogen) atoms. The van der Waals surface area contributed by atoms with Crippen LogP contribution in [0, 0.1) is 0 Å². The number of ether oxygens (including phenoxy) is 1. The van der Waals surface area contributed by atoms with Gasteiger partial charge < -0.3 is 4.74 Å². The molecule has 0 heterocycles. The highest BCUT2D eigenvalue weighted by Gasteiger charge is 2.16. The van der Waals surface area contributed by atoms with E-state index in [1.807, 2.05) is 0 Å². The van der Waals surface area contributed by atoms with Crippen molar-refractivity contribution < 1.29 is 17.9 Å². The highest BCUT2D eigenvalue weighted by molar-refractivity contribution is 7.92. The summed E-state index contributed by atoms with van der Waals surface area (Å²) in [5.74, 6) is -0.544. The van der Waals surface area contributed by atoms with Crippen molar-refractivity contribution in [1.82, 2.24) is 0 Å². The predicted octanol–water partition coefficient (Wildman–Crippen LogP) is 3.98. The maximum atomic E-state index is 12.5. The molecular weight excluding hydrogens is 373 g/mol. The zero-order valence-electron chi connectivity index (χ0n) is 12.5. The van der Waals surface area contributed by atoms with Gasteiger partial charge in [-0.3, -0.25) is 4.72 Å². The van der Waals surface area contributed by atoms with Crippen molar-refractivity contribution in [3.63, 3.8) is 0 Å². The van der Waals surface area contributed by atoms with Gasteiger partial charge in [-0.15, -0.1) is 0 Å². The molecule has 0 radical (unpaired) electrons. The molecule has 0 aliphatic carbocycles. The van der Waals surface area contributed by atoms with E-state index in [2.05, 4.69) is 9.46 Å². The van der Waals surface area contributed by atoms with Gasteiger partial charge in [-0.1, -0.05) is 41.4 Å². The first kappa shape index (κ1) is 18.3. The standard InChI is InChI=1S/C16H13Cl2NO4S/c1-23-16(20)9-6-11-4-2-3-5-15(11)19-24(21,22)12-7-8-13(17)14(18)10-12/h2-10,19H,1H3/b9-6+. The lowest BCUT2D eigenvalue weighted by Gasteiger charge is -2.11. The van der Waals surface area contributed by atoms with Crippen LogP contribution in [0.2, 0.25) is 10.0 Å². The molecule has 8 heteroatoms. The number of methoxy groups -OCH3 is 1. The van der Waals surface area contributed by atoms with E-state index in [4.69, 9.17) is 23.2 Å². The summed E-state index contributed by atoms with van der Waals surface area (Å²) in [7, 11) is -2.61. The van der Waals surface area contributed by atoms with E-state index in [1.54, 1.807) is 24.3 Å². The van der Waals surface area contributed by atoms with Crippen molar-refractivity contribution in [3.8, 4) is 0 Å². The first-order valence-corrected chi connectivity index (χ1v) is 8.90. The van der Waals surface area contributed by atoms with E-state index in [9.17, 15) is 13.2 Å². The molecule has 0 bridgehead atoms. The second-order valence-corrected chi connectivity index (χ2v) is 7.12. The minimum atomic E-state index is -3.86. The number of carbonyl (C=O) groups is 1. The van der Waals surface area contributed by atoms with Gasteiger partial charge in [0.25, 0.3) is 10.0 Å². The topological polar surface area (TPSA) is 72.5 Å². The number of hydrogen-bond acceptors (Lipinski definition) is 4. The third kappa shape index (κ3) is 4.50. The van der Waals surface area contributed by atoms with E-state index in [-0.39, 0.29) is 14.9 Å². The number of halogens is 2. The van der Waals surface area contributed by atoms with Crippen molar-refractivity contribution in [2.75, 3.05) is 11.8 Å². The first-order valence-electron chi connectivity index (χ1n) is 6.66. The van der Waals surface area contributed by atoms with Gasteiger partial charge in [0.1, 0.15) is 0 Å². The molecule has 0 atom stereocenters. The van der Waals surface area contributed by atoms with Crippen LogP contribution < -0.4 is 4.72 Å². The Balaban J connectivity index is 2.34. The molecule has 5 nitrogen and oxygen atoms in total. The number of nitrogens with one attached hydrogen (secondary N) is 1. The first-order chi connectivity index (χ1) is 11.3. The molecule has 0 saturated carbocycles. The summed E-state index contributed by atoms with van der Waals surface area (Å²) < 4.78 is 31.9. The monoisotopic (exact) mass is 385 g/mol. The fourth-order valence-electron chi connectivity index (χ4n) is 1.81. The van der Waals surface area contributed by atoms with E-state index >= 15 is 0 Å². The molecule has 2 aromatic rings. The molecule has 2 aromatic carbocycles. The van der Waals surface area contributed by atoms with Gasteiger partial charge in [-0.05, 0) is 35.9 Å². The van der Waals surface area contributed by atoms with Crippen molar-refractivity contribution in [1.29, 1.82) is 0 Å². The molecule has 0 saturated heterocycles. The average Bonchev–Trinajstić information content (AvgIpc) is 2.55. The Hall–Kier alpha value is -2.02. The highest BCUT2D eigenvalue weighted by atomic mass is 35.5. The van der Waals surface area contributed by atoms with Crippen LogP contribution in [-0.4, -0.2) is 21.5 Å². The van der Waals surface area contributed by atoms with Gasteiger partial charge in [0.05, 0.1) is 27.7 Å². The molecule has 0 amide bonds. The zero-order valence-corrected chi connectivity index (χ0v) is 14.8. The maximum Gasteiger partial charge on any atom is 0.330 e. The fourth-order valence-corrected chi connectivity index (χ4v) is 3.29. The largest absolute Gasteiger partial charge is 0.466 e. The molecule has 0 fully saturated rings. The van der Waals surface area contributed by atoms with Crippen LogP contribution in [0.3, 0.4) is 0 Å². The summed E-state index contributed by atoms with van der Waals surface area (Å²) in [6, 6.07) is 10.6. The number of rotatable bonds is 5. The van der Waals surface area contributed by atoms with E-state index in [1.165, 1.54) is 37.5 Å². The number of hydrogen-bond donors (Lipinski definition) is 1. The van der Waals surface area contributed by atoms with Crippen molar-refractivity contribution in [3.05, 3.63) is 64.1 Å². The summed E-state index contributed by atoms with van der Waals surface area (Å²) in [4.78, 5) is 11.2. The quantitative estimate of drug-likeness (QED) is 0.623. The van der Waals surface area contributed by atoms with E-state index in [0.717, 1.165) is 0 Å². The smallest absolute Gasteiger partial charge is 0.330 e. The fraction of sp³-hybridized carbons (Fsp3) is 0.0625. The molecule has 0 unspecified atom stereocenters. The zero-order chi connectivity index (χ0) is 17.7. The number of benzene rings is 2. The van der Waals surface area contributed by atoms with Crippen molar-refractivity contribution in [2.45, 2.75) is 4.90 Å². The van der Waals surface area contributed by atoms with E-state index < -0.39 is 16.0 Å². The normalized spacial score (nSPS) is 11.5. The van der Waals surface area contributed by atoms with Crippen LogP contribution in [-0.2, 0) is 19.6 Å². The molecule has 2 rings (SSSR count). The molecule has 0 aliphatic rings. The lowest BCUT2D eigenvalue weighted by atomic mass is 10.2. The van der Waals surface area contributed by atoms with Crippen LogP contribution >= 0.6 is 23.2 Å². The van der Waals surface area contributed by atoms with Gasteiger partial charge >= 0.3 is 5.97 Å². The van der Waals surface area contributed by atoms with Crippen LogP contribution in [0.15, 0.2) is 53.4 Å². The molecule has 0 aromatic heterocycles. The Morgan fingerprint density at radius 1 is 1.12 bits per heavy atom. The maximum absolute atomic E-state index is 12.5. The van der Waals surface area contributed by atoms with Crippen molar-refractivity contribution in [2.24, 2.45) is 0 Å². The molecular formula is C16H13Cl2NO4S. The summed E-state index contributed by atoms with van der Waals surface area (Å²) in [6.07, 6.45) is 2.66.